The lowest BCUT2D eigenvalue weighted by Gasteiger charge is -2.05. The summed E-state index contributed by atoms with van der Waals surface area (Å²) in [6.45, 7) is 1.93. The molecule has 2 aromatic rings. The van der Waals surface area contributed by atoms with Gasteiger partial charge in [0.05, 0.1) is 0 Å². The van der Waals surface area contributed by atoms with Crippen molar-refractivity contribution in [2.45, 2.75) is 6.92 Å². The average Bonchev–Trinajstić information content (AvgIpc) is 2.89. The topological polar surface area (TPSA) is 92.8 Å². The van der Waals surface area contributed by atoms with Gasteiger partial charge in [-0.25, -0.2) is 15.0 Å². The Balaban J connectivity index is 2.29. The van der Waals surface area contributed by atoms with Crippen LogP contribution in [0.2, 0.25) is 0 Å². The third-order valence-corrected chi connectivity index (χ3v) is 2.17. The van der Waals surface area contributed by atoms with Crippen molar-refractivity contribution < 1.29 is 9.53 Å². The number of nitrogens with zero attached hydrogens (tertiary/aromatic N) is 3. The summed E-state index contributed by atoms with van der Waals surface area (Å²) in [6, 6.07) is 1.61. The van der Waals surface area contributed by atoms with Crippen LogP contribution in [0.3, 0.4) is 0 Å². The summed E-state index contributed by atoms with van der Waals surface area (Å²) in [5.74, 6) is 0.609. The molecule has 0 saturated heterocycles. The minimum absolute atomic E-state index is 0.137. The summed E-state index contributed by atoms with van der Waals surface area (Å²) in [4.78, 5) is 27.1. The predicted octanol–water partition coefficient (Wildman–Crippen LogP) is 0.509. The standard InChI is InChI=1S/C11H13N5O2/c1-7-5-8(11(17)14-6-18-2)16-10(15-7)9-12-3-4-13-9/h3-5H,6H2,1-2H3,(H,12,13)(H,14,17). The molecule has 2 N–H and O–H groups in total. The summed E-state index contributed by atoms with van der Waals surface area (Å²) < 4.78 is 4.77. The van der Waals surface area contributed by atoms with Crippen molar-refractivity contribution in [3.05, 3.63) is 29.8 Å². The van der Waals surface area contributed by atoms with E-state index in [2.05, 4.69) is 25.3 Å². The summed E-state index contributed by atoms with van der Waals surface area (Å²) in [5, 5.41) is 2.57. The molecule has 7 heteroatoms. The minimum atomic E-state index is -0.310. The Morgan fingerprint density at radius 1 is 1.50 bits per heavy atom. The molecule has 0 aromatic carbocycles. The van der Waals surface area contributed by atoms with Gasteiger partial charge in [-0.3, -0.25) is 4.79 Å². The molecule has 0 unspecified atom stereocenters. The average molecular weight is 247 g/mol. The zero-order valence-corrected chi connectivity index (χ0v) is 10.1. The summed E-state index contributed by atoms with van der Waals surface area (Å²) >= 11 is 0. The van der Waals surface area contributed by atoms with Crippen molar-refractivity contribution in [3.8, 4) is 11.6 Å². The quantitative estimate of drug-likeness (QED) is 0.768. The first-order valence-electron chi connectivity index (χ1n) is 5.33. The number of aromatic nitrogens is 4. The predicted molar refractivity (Wildman–Crippen MR) is 63.7 cm³/mol. The maximum atomic E-state index is 11.8. The van der Waals surface area contributed by atoms with E-state index in [9.17, 15) is 4.79 Å². The molecule has 2 rings (SSSR count). The SMILES string of the molecule is COCNC(=O)c1cc(C)nc(-c2ncc[nH]2)n1. The van der Waals surface area contributed by atoms with Crippen LogP contribution in [0, 0.1) is 6.92 Å². The number of nitrogens with one attached hydrogen (secondary N) is 2. The number of hydrogen-bond acceptors (Lipinski definition) is 5. The smallest absolute Gasteiger partial charge is 0.271 e. The molecule has 18 heavy (non-hydrogen) atoms. The van der Waals surface area contributed by atoms with Crippen LogP contribution < -0.4 is 5.32 Å². The molecule has 0 spiro atoms. The molecule has 0 radical (unpaired) electrons. The maximum Gasteiger partial charge on any atom is 0.271 e. The second-order valence-corrected chi connectivity index (χ2v) is 3.59. The van der Waals surface area contributed by atoms with Crippen LogP contribution in [0.5, 0.6) is 0 Å². The number of aryl methyl sites for hydroxylation is 1. The zero-order valence-electron chi connectivity index (χ0n) is 10.1. The fourth-order valence-electron chi connectivity index (χ4n) is 1.41. The Bertz CT molecular complexity index is 538. The number of H-pyrrole nitrogens is 1. The number of rotatable bonds is 4. The first-order chi connectivity index (χ1) is 8.70. The van der Waals surface area contributed by atoms with Gasteiger partial charge in [0.15, 0.2) is 11.6 Å². The van der Waals surface area contributed by atoms with Gasteiger partial charge in [-0.1, -0.05) is 0 Å². The second kappa shape index (κ2) is 5.37. The zero-order chi connectivity index (χ0) is 13.0. The van der Waals surface area contributed by atoms with E-state index in [1.165, 1.54) is 7.11 Å². The summed E-state index contributed by atoms with van der Waals surface area (Å²) in [5.41, 5.74) is 0.977. The van der Waals surface area contributed by atoms with Crippen LogP contribution in [0.15, 0.2) is 18.5 Å². The van der Waals surface area contributed by atoms with Crippen molar-refractivity contribution in [1.29, 1.82) is 0 Å². The minimum Gasteiger partial charge on any atom is -0.364 e. The number of aromatic amines is 1. The van der Waals surface area contributed by atoms with Crippen molar-refractivity contribution in [2.75, 3.05) is 13.8 Å². The van der Waals surface area contributed by atoms with E-state index in [1.54, 1.807) is 25.4 Å². The van der Waals surface area contributed by atoms with Crippen LogP contribution in [0.4, 0.5) is 0 Å². The Morgan fingerprint density at radius 3 is 3.00 bits per heavy atom. The van der Waals surface area contributed by atoms with E-state index >= 15 is 0 Å². The summed E-state index contributed by atoms with van der Waals surface area (Å²) in [7, 11) is 1.50. The maximum absolute atomic E-state index is 11.8. The van der Waals surface area contributed by atoms with Crippen molar-refractivity contribution in [1.82, 2.24) is 25.3 Å². The molecule has 1 amide bonds. The molecule has 0 atom stereocenters. The Kier molecular flexibility index (Phi) is 3.63. The van der Waals surface area contributed by atoms with Crippen LogP contribution in [0.25, 0.3) is 11.6 Å². The second-order valence-electron chi connectivity index (χ2n) is 3.59. The van der Waals surface area contributed by atoms with Gasteiger partial charge in [0.2, 0.25) is 0 Å². The lowest BCUT2D eigenvalue weighted by molar-refractivity contribution is 0.0867. The van der Waals surface area contributed by atoms with Crippen LogP contribution in [-0.2, 0) is 4.74 Å². The molecule has 0 bridgehead atoms. The molecule has 0 aliphatic heterocycles. The monoisotopic (exact) mass is 247 g/mol. The highest BCUT2D eigenvalue weighted by Gasteiger charge is 2.12. The van der Waals surface area contributed by atoms with Crippen molar-refractivity contribution in [2.24, 2.45) is 0 Å². The van der Waals surface area contributed by atoms with Crippen LogP contribution in [0.1, 0.15) is 16.2 Å². The highest BCUT2D eigenvalue weighted by molar-refractivity contribution is 5.92. The van der Waals surface area contributed by atoms with Crippen LogP contribution >= 0.6 is 0 Å². The molecule has 0 aliphatic carbocycles. The highest BCUT2D eigenvalue weighted by atomic mass is 16.5. The lowest BCUT2D eigenvalue weighted by atomic mass is 10.3. The number of carbonyl (C=O) groups excluding carboxylic acids is 1. The number of ether oxygens (including phenoxy) is 1. The van der Waals surface area contributed by atoms with E-state index in [-0.39, 0.29) is 18.3 Å². The van der Waals surface area contributed by atoms with E-state index in [0.717, 1.165) is 0 Å². The molecular formula is C11H13N5O2. The Labute approximate surface area is 104 Å². The first-order valence-corrected chi connectivity index (χ1v) is 5.33. The van der Waals surface area contributed by atoms with Gasteiger partial charge in [0.25, 0.3) is 5.91 Å². The molecule has 0 saturated carbocycles. The van der Waals surface area contributed by atoms with Crippen molar-refractivity contribution >= 4 is 5.91 Å². The van der Waals surface area contributed by atoms with Gasteiger partial charge >= 0.3 is 0 Å². The molecular weight excluding hydrogens is 234 g/mol. The molecule has 7 nitrogen and oxygen atoms in total. The number of methoxy groups -OCH3 is 1. The van der Waals surface area contributed by atoms with Gasteiger partial charge in [-0.15, -0.1) is 0 Å². The third kappa shape index (κ3) is 2.69. The van der Waals surface area contributed by atoms with Gasteiger partial charge < -0.3 is 15.0 Å². The van der Waals surface area contributed by atoms with Crippen molar-refractivity contribution in [3.63, 3.8) is 0 Å². The number of hydrogen-bond donors (Lipinski definition) is 2. The lowest BCUT2D eigenvalue weighted by Crippen LogP contribution is -2.26. The Morgan fingerprint density at radius 2 is 2.33 bits per heavy atom. The van der Waals surface area contributed by atoms with E-state index in [1.807, 2.05) is 0 Å². The van der Waals surface area contributed by atoms with Gasteiger partial charge in [0, 0.05) is 25.2 Å². The fourth-order valence-corrected chi connectivity index (χ4v) is 1.41. The number of imidazole rings is 1. The molecule has 2 aromatic heterocycles. The van der Waals surface area contributed by atoms with E-state index in [0.29, 0.717) is 17.3 Å². The van der Waals surface area contributed by atoms with Gasteiger partial charge in [-0.2, -0.15) is 0 Å². The number of amides is 1. The molecule has 2 heterocycles. The van der Waals surface area contributed by atoms with E-state index < -0.39 is 0 Å². The normalized spacial score (nSPS) is 10.3. The number of carbonyl (C=O) groups is 1. The molecule has 94 valence electrons. The fraction of sp³-hybridized carbons (Fsp3) is 0.273. The molecule has 0 aliphatic rings. The summed E-state index contributed by atoms with van der Waals surface area (Å²) in [6.07, 6.45) is 3.28. The van der Waals surface area contributed by atoms with E-state index in [4.69, 9.17) is 4.74 Å². The van der Waals surface area contributed by atoms with Crippen LogP contribution in [-0.4, -0.2) is 39.7 Å². The van der Waals surface area contributed by atoms with Gasteiger partial charge in [-0.05, 0) is 13.0 Å². The Hall–Kier alpha value is -2.28. The molecule has 0 fully saturated rings. The third-order valence-electron chi connectivity index (χ3n) is 2.17. The van der Waals surface area contributed by atoms with Gasteiger partial charge in [0.1, 0.15) is 12.4 Å². The largest absolute Gasteiger partial charge is 0.364 e. The first kappa shape index (κ1) is 12.2. The highest BCUT2D eigenvalue weighted by Crippen LogP contribution is 2.10.